The van der Waals surface area contributed by atoms with Crippen molar-refractivity contribution in [1.29, 1.82) is 0 Å². The number of hydrogen-bond donors (Lipinski definition) is 2. The van der Waals surface area contributed by atoms with Gasteiger partial charge in [-0.1, -0.05) is 20.8 Å². The Morgan fingerprint density at radius 1 is 1.20 bits per heavy atom. The number of hydrazine groups is 1. The van der Waals surface area contributed by atoms with Gasteiger partial charge in [-0.3, -0.25) is 20.4 Å². The van der Waals surface area contributed by atoms with Gasteiger partial charge >= 0.3 is 0 Å². The van der Waals surface area contributed by atoms with E-state index < -0.39 is 0 Å². The normalized spacial score (nSPS) is 17.3. The summed E-state index contributed by atoms with van der Waals surface area (Å²) in [6.07, 6.45) is 2.36. The van der Waals surface area contributed by atoms with Gasteiger partial charge in [-0.15, -0.1) is 0 Å². The topological polar surface area (TPSA) is 58.2 Å². The van der Waals surface area contributed by atoms with Crippen LogP contribution in [0.15, 0.2) is 0 Å². The highest BCUT2D eigenvalue weighted by atomic mass is 16.2. The molecule has 1 aliphatic carbocycles. The Morgan fingerprint density at radius 2 is 1.80 bits per heavy atom. The molecule has 0 radical (unpaired) electrons. The Morgan fingerprint density at radius 3 is 2.27 bits per heavy atom. The molecule has 1 rings (SSSR count). The van der Waals surface area contributed by atoms with Crippen LogP contribution in [0.3, 0.4) is 0 Å². The van der Waals surface area contributed by atoms with Crippen molar-refractivity contribution < 1.29 is 9.59 Å². The molecule has 2 N–H and O–H groups in total. The van der Waals surface area contributed by atoms with Crippen LogP contribution >= 0.6 is 0 Å². The number of nitrogens with one attached hydrogen (secondary N) is 2. The van der Waals surface area contributed by atoms with Crippen molar-refractivity contribution in [1.82, 2.24) is 10.9 Å². The summed E-state index contributed by atoms with van der Waals surface area (Å²) < 4.78 is 0. The standard InChI is InChI=1S/C11H20N2O2/c1-7(2)8(3)6-10(14)12-13-11(15)9-4-5-9/h7-9H,4-6H2,1-3H3,(H,12,14)(H,13,15)/t8-/m0/s1. The maximum absolute atomic E-state index is 11.4. The van der Waals surface area contributed by atoms with Gasteiger partial charge in [-0.05, 0) is 24.7 Å². The van der Waals surface area contributed by atoms with E-state index in [1.807, 2.05) is 6.92 Å². The number of carbonyl (C=O) groups excluding carboxylic acids is 2. The molecule has 15 heavy (non-hydrogen) atoms. The van der Waals surface area contributed by atoms with Crippen LogP contribution in [0.4, 0.5) is 0 Å². The van der Waals surface area contributed by atoms with Gasteiger partial charge in [-0.25, -0.2) is 0 Å². The summed E-state index contributed by atoms with van der Waals surface area (Å²) in [5.74, 6) is 0.788. The Bertz CT molecular complexity index is 247. The molecule has 4 heteroatoms. The Labute approximate surface area is 90.8 Å². The SMILES string of the molecule is CC(C)[C@@H](C)CC(=O)NNC(=O)C1CC1. The third-order valence-electron chi connectivity index (χ3n) is 2.92. The average molecular weight is 212 g/mol. The van der Waals surface area contributed by atoms with Crippen LogP contribution < -0.4 is 10.9 Å². The van der Waals surface area contributed by atoms with Crippen LogP contribution in [0, 0.1) is 17.8 Å². The highest BCUT2D eigenvalue weighted by Crippen LogP contribution is 2.28. The zero-order chi connectivity index (χ0) is 11.4. The van der Waals surface area contributed by atoms with E-state index in [1.165, 1.54) is 0 Å². The van der Waals surface area contributed by atoms with Gasteiger partial charge in [0.05, 0.1) is 0 Å². The van der Waals surface area contributed by atoms with E-state index in [1.54, 1.807) is 0 Å². The zero-order valence-electron chi connectivity index (χ0n) is 9.67. The fourth-order valence-electron chi connectivity index (χ4n) is 1.16. The van der Waals surface area contributed by atoms with Crippen LogP contribution in [0.1, 0.15) is 40.0 Å². The van der Waals surface area contributed by atoms with E-state index in [-0.39, 0.29) is 17.7 Å². The van der Waals surface area contributed by atoms with Crippen molar-refractivity contribution in [3.8, 4) is 0 Å². The van der Waals surface area contributed by atoms with E-state index >= 15 is 0 Å². The lowest BCUT2D eigenvalue weighted by molar-refractivity contribution is -0.130. The van der Waals surface area contributed by atoms with Crippen molar-refractivity contribution in [2.75, 3.05) is 0 Å². The lowest BCUT2D eigenvalue weighted by Gasteiger charge is -2.15. The van der Waals surface area contributed by atoms with E-state index in [4.69, 9.17) is 0 Å². The van der Waals surface area contributed by atoms with Gasteiger partial charge < -0.3 is 0 Å². The van der Waals surface area contributed by atoms with Crippen LogP contribution in [0.2, 0.25) is 0 Å². The Kier molecular flexibility index (Phi) is 4.12. The molecule has 4 nitrogen and oxygen atoms in total. The molecule has 1 aliphatic rings. The van der Waals surface area contributed by atoms with Gasteiger partial charge in [0.2, 0.25) is 11.8 Å². The number of hydrogen-bond acceptors (Lipinski definition) is 2. The highest BCUT2D eigenvalue weighted by Gasteiger charge is 2.29. The molecule has 0 saturated heterocycles. The van der Waals surface area contributed by atoms with Crippen molar-refractivity contribution in [2.45, 2.75) is 40.0 Å². The summed E-state index contributed by atoms with van der Waals surface area (Å²) in [4.78, 5) is 22.6. The minimum Gasteiger partial charge on any atom is -0.273 e. The molecule has 1 atom stereocenters. The first-order valence-corrected chi connectivity index (χ1v) is 5.59. The fourth-order valence-corrected chi connectivity index (χ4v) is 1.16. The quantitative estimate of drug-likeness (QED) is 0.688. The Balaban J connectivity index is 2.15. The second kappa shape index (κ2) is 5.14. The maximum atomic E-state index is 11.4. The first-order chi connectivity index (χ1) is 7.00. The van der Waals surface area contributed by atoms with E-state index in [9.17, 15) is 9.59 Å². The van der Waals surface area contributed by atoms with Crippen LogP contribution in [-0.4, -0.2) is 11.8 Å². The van der Waals surface area contributed by atoms with E-state index in [2.05, 4.69) is 24.7 Å². The maximum Gasteiger partial charge on any atom is 0.241 e. The van der Waals surface area contributed by atoms with Crippen molar-refractivity contribution in [3.63, 3.8) is 0 Å². The molecule has 1 saturated carbocycles. The molecule has 1 fully saturated rings. The predicted molar refractivity (Wildman–Crippen MR) is 57.6 cm³/mol. The third-order valence-corrected chi connectivity index (χ3v) is 2.92. The minimum atomic E-state index is -0.106. The molecule has 0 heterocycles. The molecule has 0 aromatic rings. The van der Waals surface area contributed by atoms with Crippen LogP contribution in [0.5, 0.6) is 0 Å². The molecule has 0 unspecified atom stereocenters. The second-order valence-electron chi connectivity index (χ2n) is 4.74. The largest absolute Gasteiger partial charge is 0.273 e. The van der Waals surface area contributed by atoms with Crippen molar-refractivity contribution in [2.24, 2.45) is 17.8 Å². The average Bonchev–Trinajstić information content (AvgIpc) is 2.96. The summed E-state index contributed by atoms with van der Waals surface area (Å²) in [5.41, 5.74) is 4.90. The molecule has 0 spiro atoms. The predicted octanol–water partition coefficient (Wildman–Crippen LogP) is 1.23. The van der Waals surface area contributed by atoms with Crippen molar-refractivity contribution >= 4 is 11.8 Å². The minimum absolute atomic E-state index is 0.0550. The molecule has 0 aromatic heterocycles. The van der Waals surface area contributed by atoms with Gasteiger partial charge in [0.1, 0.15) is 0 Å². The summed E-state index contributed by atoms with van der Waals surface area (Å²) in [6, 6.07) is 0. The second-order valence-corrected chi connectivity index (χ2v) is 4.74. The van der Waals surface area contributed by atoms with Gasteiger partial charge in [0.15, 0.2) is 0 Å². The molecule has 2 amide bonds. The van der Waals surface area contributed by atoms with Gasteiger partial charge in [0.25, 0.3) is 0 Å². The lowest BCUT2D eigenvalue weighted by Crippen LogP contribution is -2.43. The van der Waals surface area contributed by atoms with Crippen molar-refractivity contribution in [3.05, 3.63) is 0 Å². The highest BCUT2D eigenvalue weighted by molar-refractivity contribution is 5.84. The van der Waals surface area contributed by atoms with Gasteiger partial charge in [-0.2, -0.15) is 0 Å². The molecular formula is C11H20N2O2. The molecule has 0 bridgehead atoms. The Hall–Kier alpha value is -1.06. The summed E-state index contributed by atoms with van der Waals surface area (Å²) >= 11 is 0. The molecule has 86 valence electrons. The zero-order valence-corrected chi connectivity index (χ0v) is 9.67. The van der Waals surface area contributed by atoms with Gasteiger partial charge in [0, 0.05) is 12.3 Å². The lowest BCUT2D eigenvalue weighted by atomic mass is 9.95. The monoisotopic (exact) mass is 212 g/mol. The molecule has 0 aliphatic heterocycles. The smallest absolute Gasteiger partial charge is 0.241 e. The molecule has 0 aromatic carbocycles. The fraction of sp³-hybridized carbons (Fsp3) is 0.818. The van der Waals surface area contributed by atoms with Crippen LogP contribution in [0.25, 0.3) is 0 Å². The van der Waals surface area contributed by atoms with E-state index in [0.29, 0.717) is 18.3 Å². The molecular weight excluding hydrogens is 192 g/mol. The summed E-state index contributed by atoms with van der Waals surface area (Å²) in [6.45, 7) is 6.20. The number of carbonyl (C=O) groups is 2. The number of rotatable bonds is 4. The van der Waals surface area contributed by atoms with Crippen LogP contribution in [-0.2, 0) is 9.59 Å². The first-order valence-electron chi connectivity index (χ1n) is 5.59. The first kappa shape index (κ1) is 12.0. The third kappa shape index (κ3) is 4.32. The summed E-state index contributed by atoms with van der Waals surface area (Å²) in [5, 5.41) is 0. The number of amides is 2. The van der Waals surface area contributed by atoms with E-state index in [0.717, 1.165) is 12.8 Å². The summed E-state index contributed by atoms with van der Waals surface area (Å²) in [7, 11) is 0.